The maximum atomic E-state index is 12.4. The van der Waals surface area contributed by atoms with Gasteiger partial charge in [0.15, 0.2) is 0 Å². The highest BCUT2D eigenvalue weighted by Crippen LogP contribution is 2.21. The Morgan fingerprint density at radius 2 is 2.05 bits per heavy atom. The third kappa shape index (κ3) is 4.05. The fourth-order valence-corrected chi connectivity index (χ4v) is 3.66. The van der Waals surface area contributed by atoms with E-state index in [1.165, 1.54) is 15.7 Å². The van der Waals surface area contributed by atoms with E-state index in [0.29, 0.717) is 19.0 Å². The van der Waals surface area contributed by atoms with E-state index in [1.807, 2.05) is 0 Å². The van der Waals surface area contributed by atoms with Crippen LogP contribution in [0.25, 0.3) is 0 Å². The molecule has 8 heteroatoms. The van der Waals surface area contributed by atoms with E-state index in [1.54, 1.807) is 6.92 Å². The summed E-state index contributed by atoms with van der Waals surface area (Å²) in [5.41, 5.74) is 5.42. The molecule has 0 aromatic carbocycles. The lowest BCUT2D eigenvalue weighted by atomic mass is 10.0. The molecule has 1 rings (SSSR count). The number of nitrogens with zero attached hydrogens (tertiary/aromatic N) is 3. The lowest BCUT2D eigenvalue weighted by molar-refractivity contribution is 0.260. The Kier molecular flexibility index (Phi) is 5.57. The van der Waals surface area contributed by atoms with E-state index < -0.39 is 10.2 Å². The van der Waals surface area contributed by atoms with Crippen LogP contribution in [-0.2, 0) is 10.2 Å². The number of piperidine rings is 1. The number of rotatable bonds is 5. The number of nitrogens with two attached hydrogens (primary N) is 1. The molecule has 1 fully saturated rings. The van der Waals surface area contributed by atoms with Crippen LogP contribution in [-0.4, -0.2) is 54.3 Å². The first kappa shape index (κ1) is 16.2. The second kappa shape index (κ2) is 6.53. The molecule has 7 nitrogen and oxygen atoms in total. The van der Waals surface area contributed by atoms with Crippen LogP contribution in [0.2, 0.25) is 0 Å². The summed E-state index contributed by atoms with van der Waals surface area (Å²) in [5.74, 6) is 0.605. The highest BCUT2D eigenvalue weighted by molar-refractivity contribution is 7.86. The first-order valence-corrected chi connectivity index (χ1v) is 7.88. The average Bonchev–Trinajstić information content (AvgIpc) is 2.38. The Labute approximate surface area is 115 Å². The third-order valence-corrected chi connectivity index (χ3v) is 5.79. The van der Waals surface area contributed by atoms with E-state index in [-0.39, 0.29) is 18.3 Å². The first-order chi connectivity index (χ1) is 8.78. The van der Waals surface area contributed by atoms with Gasteiger partial charge in [-0.3, -0.25) is 0 Å². The van der Waals surface area contributed by atoms with Crippen molar-refractivity contribution in [1.82, 2.24) is 8.61 Å². The van der Waals surface area contributed by atoms with Crippen LogP contribution in [0.3, 0.4) is 0 Å². The molecule has 0 spiro atoms. The molecule has 1 aliphatic rings. The van der Waals surface area contributed by atoms with Crippen molar-refractivity contribution in [3.8, 4) is 0 Å². The van der Waals surface area contributed by atoms with Crippen molar-refractivity contribution in [2.45, 2.75) is 39.2 Å². The molecule has 19 heavy (non-hydrogen) atoms. The summed E-state index contributed by atoms with van der Waals surface area (Å²) in [5, 5.41) is 11.4. The maximum absolute atomic E-state index is 12.4. The van der Waals surface area contributed by atoms with Crippen molar-refractivity contribution in [2.75, 3.05) is 20.1 Å². The molecule has 1 atom stereocenters. The van der Waals surface area contributed by atoms with Crippen LogP contribution in [0.15, 0.2) is 5.16 Å². The zero-order chi connectivity index (χ0) is 14.6. The molecule has 0 aromatic heterocycles. The SMILES string of the molecule is CC1CCN(S(=O)(=O)N(C)C(C)CC(N)=NO)CC1. The molecule has 3 N–H and O–H groups in total. The molecular weight excluding hydrogens is 268 g/mol. The minimum Gasteiger partial charge on any atom is -0.409 e. The van der Waals surface area contributed by atoms with Crippen LogP contribution in [0, 0.1) is 5.92 Å². The second-order valence-corrected chi connectivity index (χ2v) is 7.24. The van der Waals surface area contributed by atoms with Crippen LogP contribution in [0.1, 0.15) is 33.1 Å². The normalized spacial score (nSPS) is 21.8. The number of oxime groups is 1. The third-order valence-electron chi connectivity index (χ3n) is 3.69. The molecule has 1 unspecified atom stereocenters. The van der Waals surface area contributed by atoms with Gasteiger partial charge in [0.2, 0.25) is 0 Å². The standard InChI is InChI=1S/C11H24N4O3S/c1-9-4-6-15(7-5-9)19(17,18)14(3)10(2)8-11(12)13-16/h9-10,16H,4-8H2,1-3H3,(H2,12,13). The number of hydrogen-bond donors (Lipinski definition) is 2. The van der Waals surface area contributed by atoms with Crippen LogP contribution in [0.5, 0.6) is 0 Å². The van der Waals surface area contributed by atoms with Gasteiger partial charge in [0, 0.05) is 32.6 Å². The molecule has 1 saturated heterocycles. The Morgan fingerprint density at radius 3 is 2.53 bits per heavy atom. The molecule has 1 aliphatic heterocycles. The van der Waals surface area contributed by atoms with E-state index in [2.05, 4.69) is 12.1 Å². The van der Waals surface area contributed by atoms with Crippen molar-refractivity contribution >= 4 is 16.0 Å². The molecule has 0 aromatic rings. The van der Waals surface area contributed by atoms with Gasteiger partial charge in [0.05, 0.1) is 0 Å². The summed E-state index contributed by atoms with van der Waals surface area (Å²) in [6.45, 7) is 4.99. The fourth-order valence-electron chi connectivity index (χ4n) is 2.10. The largest absolute Gasteiger partial charge is 0.409 e. The van der Waals surface area contributed by atoms with Gasteiger partial charge in [0.1, 0.15) is 5.84 Å². The minimum absolute atomic E-state index is 0.0295. The molecule has 1 heterocycles. The highest BCUT2D eigenvalue weighted by atomic mass is 32.2. The fraction of sp³-hybridized carbons (Fsp3) is 0.909. The van der Waals surface area contributed by atoms with Crippen molar-refractivity contribution in [3.63, 3.8) is 0 Å². The molecule has 0 amide bonds. The van der Waals surface area contributed by atoms with E-state index in [4.69, 9.17) is 10.9 Å². The lowest BCUT2D eigenvalue weighted by Crippen LogP contribution is -2.49. The average molecular weight is 292 g/mol. The molecular formula is C11H24N4O3S. The molecule has 0 bridgehead atoms. The van der Waals surface area contributed by atoms with Gasteiger partial charge < -0.3 is 10.9 Å². The quantitative estimate of drug-likeness (QED) is 0.332. The number of hydrogen-bond acceptors (Lipinski definition) is 4. The lowest BCUT2D eigenvalue weighted by Gasteiger charge is -2.34. The summed E-state index contributed by atoms with van der Waals surface area (Å²) in [7, 11) is -1.93. The van der Waals surface area contributed by atoms with Crippen LogP contribution < -0.4 is 5.73 Å². The van der Waals surface area contributed by atoms with Gasteiger partial charge in [0.25, 0.3) is 10.2 Å². The summed E-state index contributed by atoms with van der Waals surface area (Å²) in [4.78, 5) is 0. The van der Waals surface area contributed by atoms with Gasteiger partial charge in [-0.25, -0.2) is 0 Å². The maximum Gasteiger partial charge on any atom is 0.281 e. The number of amidine groups is 1. The van der Waals surface area contributed by atoms with E-state index >= 15 is 0 Å². The summed E-state index contributed by atoms with van der Waals surface area (Å²) < 4.78 is 27.6. The minimum atomic E-state index is -3.46. The Morgan fingerprint density at radius 1 is 1.53 bits per heavy atom. The summed E-state index contributed by atoms with van der Waals surface area (Å²) >= 11 is 0. The second-order valence-electron chi connectivity index (χ2n) is 5.25. The predicted octanol–water partition coefficient (Wildman–Crippen LogP) is 0.420. The van der Waals surface area contributed by atoms with Gasteiger partial charge in [-0.2, -0.15) is 17.0 Å². The van der Waals surface area contributed by atoms with E-state index in [9.17, 15) is 8.42 Å². The van der Waals surface area contributed by atoms with Crippen molar-refractivity contribution in [1.29, 1.82) is 0 Å². The van der Waals surface area contributed by atoms with Gasteiger partial charge in [-0.05, 0) is 25.7 Å². The summed E-state index contributed by atoms with van der Waals surface area (Å²) in [6, 6.07) is -0.347. The monoisotopic (exact) mass is 292 g/mol. The van der Waals surface area contributed by atoms with Crippen molar-refractivity contribution < 1.29 is 13.6 Å². The molecule has 0 saturated carbocycles. The zero-order valence-corrected chi connectivity index (χ0v) is 12.6. The van der Waals surface area contributed by atoms with Crippen molar-refractivity contribution in [2.24, 2.45) is 16.8 Å². The van der Waals surface area contributed by atoms with Gasteiger partial charge in [-0.1, -0.05) is 12.1 Å². The van der Waals surface area contributed by atoms with Crippen LogP contribution >= 0.6 is 0 Å². The zero-order valence-electron chi connectivity index (χ0n) is 11.8. The van der Waals surface area contributed by atoms with E-state index in [0.717, 1.165) is 12.8 Å². The van der Waals surface area contributed by atoms with Gasteiger partial charge >= 0.3 is 0 Å². The van der Waals surface area contributed by atoms with Gasteiger partial charge in [-0.15, -0.1) is 0 Å². The Bertz CT molecular complexity index is 416. The first-order valence-electron chi connectivity index (χ1n) is 6.48. The molecule has 112 valence electrons. The Balaban J connectivity index is 2.71. The Hall–Kier alpha value is -0.860. The highest BCUT2D eigenvalue weighted by Gasteiger charge is 2.32. The summed E-state index contributed by atoms with van der Waals surface area (Å²) in [6.07, 6.45) is 1.99. The molecule has 0 aliphatic carbocycles. The predicted molar refractivity (Wildman–Crippen MR) is 74.1 cm³/mol. The van der Waals surface area contributed by atoms with Crippen LogP contribution in [0.4, 0.5) is 0 Å². The van der Waals surface area contributed by atoms with Crippen molar-refractivity contribution in [3.05, 3.63) is 0 Å². The molecule has 0 radical (unpaired) electrons. The smallest absolute Gasteiger partial charge is 0.281 e. The topological polar surface area (TPSA) is 99.2 Å².